The predicted molar refractivity (Wildman–Crippen MR) is 33.1 cm³/mol. The first kappa shape index (κ1) is 54.7. The molecule has 0 aromatic carbocycles. The molecule has 0 atom stereocenters. The standard InChI is InChI=1S/C2H6O.ClH.Mn.4H2O/c1-2-3;;;;;;/h3H,2H2,1H3;1H;;4*1H2/q;;+1;;;;/p-1. The van der Waals surface area contributed by atoms with Gasteiger partial charge in [0.1, 0.15) is 0 Å². The van der Waals surface area contributed by atoms with E-state index in [2.05, 4.69) is 25.2 Å². The molecule has 5 nitrogen and oxygen atoms in total. The van der Waals surface area contributed by atoms with E-state index in [0.717, 1.165) is 0 Å². The molecule has 0 saturated carbocycles. The van der Waals surface area contributed by atoms with Crippen molar-refractivity contribution in [2.75, 3.05) is 6.61 Å². The van der Waals surface area contributed by atoms with Crippen molar-refractivity contribution < 1.29 is 42.1 Å². The summed E-state index contributed by atoms with van der Waals surface area (Å²) < 4.78 is 0. The minimum atomic E-state index is 0. The molecular formula is C2H14ClMnO5. The van der Waals surface area contributed by atoms with Crippen LogP contribution in [0.15, 0.2) is 0 Å². The average molecular weight is 209 g/mol. The van der Waals surface area contributed by atoms with Gasteiger partial charge in [-0.25, -0.2) is 0 Å². The van der Waals surface area contributed by atoms with Crippen molar-refractivity contribution in [3.05, 3.63) is 0 Å². The quantitative estimate of drug-likeness (QED) is 0.427. The number of aliphatic hydroxyl groups excluding tert-OH is 1. The topological polar surface area (TPSA) is 146 Å². The molecule has 0 aliphatic rings. The van der Waals surface area contributed by atoms with Crippen LogP contribution in [0.25, 0.3) is 0 Å². The molecule has 0 radical (unpaired) electrons. The number of halogens is 1. The normalized spacial score (nSPS) is 2.67. The summed E-state index contributed by atoms with van der Waals surface area (Å²) in [5, 5.41) is 7.57. The average Bonchev–Trinajstić information content (AvgIpc) is 1.46. The SMILES string of the molecule is CCO.O.O.O.O.[Cl][Mn]. The Hall–Kier alpha value is 0.609. The van der Waals surface area contributed by atoms with Gasteiger partial charge < -0.3 is 27.0 Å². The van der Waals surface area contributed by atoms with Crippen LogP contribution in [0.3, 0.4) is 0 Å². The summed E-state index contributed by atoms with van der Waals surface area (Å²) in [4.78, 5) is 0. The van der Waals surface area contributed by atoms with Gasteiger partial charge in [-0.3, -0.25) is 0 Å². The van der Waals surface area contributed by atoms with Crippen molar-refractivity contribution in [3.63, 3.8) is 0 Å². The van der Waals surface area contributed by atoms with Crippen LogP contribution in [0.4, 0.5) is 0 Å². The Morgan fingerprint density at radius 2 is 1.11 bits per heavy atom. The van der Waals surface area contributed by atoms with E-state index in [0.29, 0.717) is 0 Å². The molecule has 0 bridgehead atoms. The van der Waals surface area contributed by atoms with Crippen molar-refractivity contribution in [2.24, 2.45) is 0 Å². The van der Waals surface area contributed by atoms with Crippen LogP contribution in [0.2, 0.25) is 0 Å². The van der Waals surface area contributed by atoms with Gasteiger partial charge in [0.25, 0.3) is 0 Å². The van der Waals surface area contributed by atoms with Gasteiger partial charge >= 0.3 is 25.2 Å². The first-order chi connectivity index (χ1) is 2.41. The molecule has 66 valence electrons. The molecule has 9 heavy (non-hydrogen) atoms. The molecule has 0 aromatic rings. The summed E-state index contributed by atoms with van der Waals surface area (Å²) in [7, 11) is 4.45. The van der Waals surface area contributed by atoms with Gasteiger partial charge in [0.05, 0.1) is 0 Å². The van der Waals surface area contributed by atoms with Gasteiger partial charge in [0.15, 0.2) is 0 Å². The summed E-state index contributed by atoms with van der Waals surface area (Å²) >= 11 is 2.41. The number of aliphatic hydroxyl groups is 1. The van der Waals surface area contributed by atoms with Gasteiger partial charge in [0, 0.05) is 6.61 Å². The van der Waals surface area contributed by atoms with E-state index in [1.807, 2.05) is 0 Å². The molecule has 0 fully saturated rings. The minimum absolute atomic E-state index is 0. The van der Waals surface area contributed by atoms with Gasteiger partial charge in [-0.2, -0.15) is 0 Å². The van der Waals surface area contributed by atoms with E-state index >= 15 is 0 Å². The summed E-state index contributed by atoms with van der Waals surface area (Å²) in [6.45, 7) is 1.93. The molecule has 0 unspecified atom stereocenters. The first-order valence-electron chi connectivity index (χ1n) is 1.17. The maximum absolute atomic E-state index is 7.57. The fourth-order valence-corrected chi connectivity index (χ4v) is 0. The van der Waals surface area contributed by atoms with Crippen LogP contribution in [0, 0.1) is 0 Å². The Morgan fingerprint density at radius 3 is 1.11 bits per heavy atom. The molecular weight excluding hydrogens is 194 g/mol. The second kappa shape index (κ2) is 192. The predicted octanol–water partition coefficient (Wildman–Crippen LogP) is -2.61. The second-order valence-corrected chi connectivity index (χ2v) is 0.316. The van der Waals surface area contributed by atoms with E-state index in [4.69, 9.17) is 5.11 Å². The van der Waals surface area contributed by atoms with Crippen LogP contribution < -0.4 is 0 Å². The van der Waals surface area contributed by atoms with E-state index < -0.39 is 0 Å². The maximum atomic E-state index is 7.57. The molecule has 0 aromatic heterocycles. The van der Waals surface area contributed by atoms with E-state index in [-0.39, 0.29) is 28.5 Å². The van der Waals surface area contributed by atoms with Crippen molar-refractivity contribution in [2.45, 2.75) is 6.92 Å². The summed E-state index contributed by atoms with van der Waals surface area (Å²) in [5.41, 5.74) is 0. The van der Waals surface area contributed by atoms with Crippen molar-refractivity contribution in [3.8, 4) is 0 Å². The summed E-state index contributed by atoms with van der Waals surface area (Å²) in [5.74, 6) is 0. The molecule has 0 aliphatic heterocycles. The monoisotopic (exact) mass is 208 g/mol. The van der Waals surface area contributed by atoms with Gasteiger partial charge in [0.2, 0.25) is 0 Å². The number of hydrogen-bond acceptors (Lipinski definition) is 1. The molecule has 0 spiro atoms. The fourth-order valence-electron chi connectivity index (χ4n) is 0. The Kier molecular flexibility index (Phi) is 1170. The molecule has 0 heterocycles. The third-order valence-electron chi connectivity index (χ3n) is 0. The third-order valence-corrected chi connectivity index (χ3v) is 0. The van der Waals surface area contributed by atoms with Crippen molar-refractivity contribution >= 4 is 10.1 Å². The zero-order valence-electron chi connectivity index (χ0n) is 4.91. The van der Waals surface area contributed by atoms with Crippen LogP contribution in [-0.4, -0.2) is 33.6 Å². The first-order valence-corrected chi connectivity index (χ1v) is 2.79. The van der Waals surface area contributed by atoms with Gasteiger partial charge in [-0.05, 0) is 6.92 Å². The molecule has 9 N–H and O–H groups in total. The Labute approximate surface area is 66.3 Å². The van der Waals surface area contributed by atoms with Crippen molar-refractivity contribution in [1.82, 2.24) is 0 Å². The Bertz CT molecular complexity index is 14.9. The van der Waals surface area contributed by atoms with E-state index in [1.54, 1.807) is 6.92 Å². The fraction of sp³-hybridized carbons (Fsp3) is 1.00. The molecule has 0 saturated heterocycles. The number of hydrogen-bond donors (Lipinski definition) is 1. The van der Waals surface area contributed by atoms with E-state index in [1.165, 1.54) is 0 Å². The Morgan fingerprint density at radius 1 is 1.11 bits per heavy atom. The Balaban J connectivity index is -0.00000000357. The molecule has 0 amide bonds. The molecule has 0 rings (SSSR count). The molecule has 7 heteroatoms. The van der Waals surface area contributed by atoms with Crippen molar-refractivity contribution in [1.29, 1.82) is 0 Å². The third kappa shape index (κ3) is 1010. The van der Waals surface area contributed by atoms with Crippen LogP contribution in [-0.2, 0) is 15.1 Å². The van der Waals surface area contributed by atoms with Gasteiger partial charge in [-0.1, -0.05) is 0 Å². The number of rotatable bonds is 0. The zero-order chi connectivity index (χ0) is 4.71. The van der Waals surface area contributed by atoms with E-state index in [9.17, 15) is 0 Å². The van der Waals surface area contributed by atoms with Gasteiger partial charge in [-0.15, -0.1) is 0 Å². The van der Waals surface area contributed by atoms with Crippen LogP contribution >= 0.6 is 10.1 Å². The summed E-state index contributed by atoms with van der Waals surface area (Å²) in [6.07, 6.45) is 0. The zero-order valence-corrected chi connectivity index (χ0v) is 6.85. The molecule has 0 aliphatic carbocycles. The van der Waals surface area contributed by atoms with Crippen LogP contribution in [0.5, 0.6) is 0 Å². The second-order valence-electron chi connectivity index (χ2n) is 0.316. The van der Waals surface area contributed by atoms with Crippen LogP contribution in [0.1, 0.15) is 6.92 Å². The summed E-state index contributed by atoms with van der Waals surface area (Å²) in [6, 6.07) is 0.